The molecule has 0 saturated heterocycles. The molecule has 2 aromatic carbocycles. The monoisotopic (exact) mass is 297 g/mol. The Bertz CT molecular complexity index is 748. The normalized spacial score (nSPS) is 11.0. The van der Waals surface area contributed by atoms with Gasteiger partial charge < -0.3 is 10.5 Å². The first kappa shape index (κ1) is 14.1. The van der Waals surface area contributed by atoms with Crippen LogP contribution in [0.25, 0.3) is 10.1 Å². The Morgan fingerprint density at radius 1 is 1.10 bits per heavy atom. The third-order valence-corrected chi connectivity index (χ3v) is 4.89. The summed E-state index contributed by atoms with van der Waals surface area (Å²) >= 11 is 1.76. The molecular formula is C18H19NOS. The Hall–Kier alpha value is -1.84. The summed E-state index contributed by atoms with van der Waals surface area (Å²) in [5.74, 6) is 0.924. The Balaban J connectivity index is 1.87. The number of aryl methyl sites for hydroxylation is 1. The SMILES string of the molecule is CCc1cccc(OCc2c(CN)sc3ccccc23)c1. The molecule has 2 nitrogen and oxygen atoms in total. The fourth-order valence-corrected chi connectivity index (χ4v) is 3.57. The molecule has 0 aliphatic heterocycles. The van der Waals surface area contributed by atoms with E-state index < -0.39 is 0 Å². The average Bonchev–Trinajstić information content (AvgIpc) is 2.91. The van der Waals surface area contributed by atoms with Crippen LogP contribution in [0.3, 0.4) is 0 Å². The molecule has 1 heterocycles. The van der Waals surface area contributed by atoms with Crippen LogP contribution in [-0.2, 0) is 19.6 Å². The van der Waals surface area contributed by atoms with Crippen molar-refractivity contribution in [3.8, 4) is 5.75 Å². The summed E-state index contributed by atoms with van der Waals surface area (Å²) in [4.78, 5) is 1.21. The zero-order valence-electron chi connectivity index (χ0n) is 12.1. The second kappa shape index (κ2) is 6.29. The zero-order valence-corrected chi connectivity index (χ0v) is 13.0. The van der Waals surface area contributed by atoms with E-state index in [1.807, 2.05) is 12.1 Å². The standard InChI is InChI=1S/C18H19NOS/c1-2-13-6-5-7-14(10-13)20-12-16-15-8-3-4-9-17(15)21-18(16)11-19/h3-10H,2,11-12,19H2,1H3. The van der Waals surface area contributed by atoms with Gasteiger partial charge >= 0.3 is 0 Å². The van der Waals surface area contributed by atoms with Gasteiger partial charge in [-0.3, -0.25) is 0 Å². The lowest BCUT2D eigenvalue weighted by Gasteiger charge is -2.08. The largest absolute Gasteiger partial charge is 0.489 e. The van der Waals surface area contributed by atoms with Gasteiger partial charge in [0, 0.05) is 21.7 Å². The molecule has 0 fully saturated rings. The number of benzene rings is 2. The van der Waals surface area contributed by atoms with E-state index in [1.165, 1.54) is 26.1 Å². The number of hydrogen-bond donors (Lipinski definition) is 1. The van der Waals surface area contributed by atoms with E-state index in [4.69, 9.17) is 10.5 Å². The number of fused-ring (bicyclic) bond motifs is 1. The predicted molar refractivity (Wildman–Crippen MR) is 89.9 cm³/mol. The smallest absolute Gasteiger partial charge is 0.120 e. The minimum absolute atomic E-state index is 0.563. The quantitative estimate of drug-likeness (QED) is 0.752. The van der Waals surface area contributed by atoms with Gasteiger partial charge in [0.05, 0.1) is 0 Å². The van der Waals surface area contributed by atoms with Crippen molar-refractivity contribution < 1.29 is 4.74 Å². The van der Waals surface area contributed by atoms with Crippen LogP contribution in [0.15, 0.2) is 48.5 Å². The van der Waals surface area contributed by atoms with Gasteiger partial charge in [-0.1, -0.05) is 37.3 Å². The van der Waals surface area contributed by atoms with Crippen molar-refractivity contribution in [3.63, 3.8) is 0 Å². The van der Waals surface area contributed by atoms with Gasteiger partial charge in [-0.2, -0.15) is 0 Å². The van der Waals surface area contributed by atoms with Crippen molar-refractivity contribution in [2.24, 2.45) is 5.73 Å². The van der Waals surface area contributed by atoms with Crippen LogP contribution in [0.5, 0.6) is 5.75 Å². The Labute approximate surface area is 129 Å². The minimum atomic E-state index is 0.563. The molecule has 21 heavy (non-hydrogen) atoms. The van der Waals surface area contributed by atoms with Gasteiger partial charge in [0.25, 0.3) is 0 Å². The topological polar surface area (TPSA) is 35.2 Å². The molecule has 0 unspecified atom stereocenters. The minimum Gasteiger partial charge on any atom is -0.489 e. The summed E-state index contributed by atoms with van der Waals surface area (Å²) in [7, 11) is 0. The molecule has 3 heteroatoms. The van der Waals surface area contributed by atoms with Crippen molar-refractivity contribution in [2.45, 2.75) is 26.5 Å². The Morgan fingerprint density at radius 3 is 2.76 bits per heavy atom. The number of ether oxygens (including phenoxy) is 1. The number of rotatable bonds is 5. The molecule has 3 rings (SSSR count). The van der Waals surface area contributed by atoms with Gasteiger partial charge in [0.15, 0.2) is 0 Å². The van der Waals surface area contributed by atoms with Crippen molar-refractivity contribution in [3.05, 3.63) is 64.5 Å². The highest BCUT2D eigenvalue weighted by Crippen LogP contribution is 2.32. The second-order valence-electron chi connectivity index (χ2n) is 4.99. The first-order valence-corrected chi connectivity index (χ1v) is 8.04. The van der Waals surface area contributed by atoms with Crippen LogP contribution >= 0.6 is 11.3 Å². The van der Waals surface area contributed by atoms with Crippen LogP contribution in [0.2, 0.25) is 0 Å². The van der Waals surface area contributed by atoms with Crippen LogP contribution in [-0.4, -0.2) is 0 Å². The van der Waals surface area contributed by atoms with Gasteiger partial charge in [-0.25, -0.2) is 0 Å². The lowest BCUT2D eigenvalue weighted by Crippen LogP contribution is -2.01. The molecule has 108 valence electrons. The fraction of sp³-hybridized carbons (Fsp3) is 0.222. The van der Waals surface area contributed by atoms with Crippen molar-refractivity contribution in [1.82, 2.24) is 0 Å². The van der Waals surface area contributed by atoms with E-state index >= 15 is 0 Å². The Morgan fingerprint density at radius 2 is 1.95 bits per heavy atom. The summed E-state index contributed by atoms with van der Waals surface area (Å²) in [6.45, 7) is 3.29. The predicted octanol–water partition coefficient (Wildman–Crippen LogP) is 4.50. The molecule has 0 radical (unpaired) electrons. The van der Waals surface area contributed by atoms with E-state index in [1.54, 1.807) is 11.3 Å². The van der Waals surface area contributed by atoms with E-state index in [2.05, 4.69) is 43.3 Å². The third kappa shape index (κ3) is 2.94. The van der Waals surface area contributed by atoms with Crippen LogP contribution in [0.4, 0.5) is 0 Å². The highest BCUT2D eigenvalue weighted by Gasteiger charge is 2.11. The van der Waals surface area contributed by atoms with Crippen LogP contribution in [0, 0.1) is 0 Å². The highest BCUT2D eigenvalue weighted by atomic mass is 32.1. The van der Waals surface area contributed by atoms with Gasteiger partial charge in [-0.15, -0.1) is 11.3 Å². The summed E-state index contributed by atoms with van der Waals surface area (Å²) in [6.07, 6.45) is 1.02. The summed E-state index contributed by atoms with van der Waals surface area (Å²) in [5, 5.41) is 1.26. The number of thiophene rings is 1. The average molecular weight is 297 g/mol. The first-order chi connectivity index (χ1) is 10.3. The van der Waals surface area contributed by atoms with E-state index in [9.17, 15) is 0 Å². The molecule has 3 aromatic rings. The van der Waals surface area contributed by atoms with E-state index in [0.29, 0.717) is 13.2 Å². The molecule has 0 saturated carbocycles. The molecular weight excluding hydrogens is 278 g/mol. The molecule has 0 aliphatic rings. The number of nitrogens with two attached hydrogens (primary N) is 1. The lowest BCUT2D eigenvalue weighted by atomic mass is 10.1. The molecule has 0 aliphatic carbocycles. The maximum atomic E-state index is 5.99. The maximum Gasteiger partial charge on any atom is 0.120 e. The number of hydrogen-bond acceptors (Lipinski definition) is 3. The molecule has 0 spiro atoms. The maximum absolute atomic E-state index is 5.99. The van der Waals surface area contributed by atoms with Crippen molar-refractivity contribution >= 4 is 21.4 Å². The van der Waals surface area contributed by atoms with E-state index in [0.717, 1.165) is 12.2 Å². The zero-order chi connectivity index (χ0) is 14.7. The van der Waals surface area contributed by atoms with E-state index in [-0.39, 0.29) is 0 Å². The lowest BCUT2D eigenvalue weighted by molar-refractivity contribution is 0.307. The van der Waals surface area contributed by atoms with Gasteiger partial charge in [0.1, 0.15) is 12.4 Å². The summed E-state index contributed by atoms with van der Waals surface area (Å²) in [5.41, 5.74) is 8.40. The molecule has 0 amide bonds. The molecule has 0 bridgehead atoms. The fourth-order valence-electron chi connectivity index (χ4n) is 2.48. The van der Waals surface area contributed by atoms with Crippen molar-refractivity contribution in [1.29, 1.82) is 0 Å². The van der Waals surface area contributed by atoms with Crippen molar-refractivity contribution in [2.75, 3.05) is 0 Å². The highest BCUT2D eigenvalue weighted by molar-refractivity contribution is 7.19. The van der Waals surface area contributed by atoms with Crippen LogP contribution in [0.1, 0.15) is 22.9 Å². The summed E-state index contributed by atoms with van der Waals surface area (Å²) < 4.78 is 7.27. The first-order valence-electron chi connectivity index (χ1n) is 7.23. The third-order valence-electron chi connectivity index (χ3n) is 3.66. The second-order valence-corrected chi connectivity index (χ2v) is 6.13. The molecule has 1 aromatic heterocycles. The summed E-state index contributed by atoms with van der Waals surface area (Å²) in [6, 6.07) is 16.7. The van der Waals surface area contributed by atoms with Gasteiger partial charge in [0.2, 0.25) is 0 Å². The Kier molecular flexibility index (Phi) is 4.23. The van der Waals surface area contributed by atoms with Gasteiger partial charge in [-0.05, 0) is 35.6 Å². The molecule has 2 N–H and O–H groups in total. The molecule has 0 atom stereocenters. The van der Waals surface area contributed by atoms with Crippen LogP contribution < -0.4 is 10.5 Å².